The van der Waals surface area contributed by atoms with Crippen LogP contribution in [0.2, 0.25) is 0 Å². The lowest BCUT2D eigenvalue weighted by molar-refractivity contribution is 0.301. The highest BCUT2D eigenvalue weighted by atomic mass is 15.2. The second-order valence-electron chi connectivity index (χ2n) is 8.88. The van der Waals surface area contributed by atoms with Gasteiger partial charge in [-0.2, -0.15) is 10.2 Å². The molecule has 0 heterocycles. The van der Waals surface area contributed by atoms with E-state index in [0.717, 1.165) is 36.5 Å². The van der Waals surface area contributed by atoms with E-state index >= 15 is 0 Å². The van der Waals surface area contributed by atoms with Gasteiger partial charge < -0.3 is 0 Å². The second-order valence-corrected chi connectivity index (χ2v) is 8.88. The minimum atomic E-state index is 0.518. The molecule has 31 heavy (non-hydrogen) atoms. The van der Waals surface area contributed by atoms with Gasteiger partial charge in [0.1, 0.15) is 0 Å². The Morgan fingerprint density at radius 1 is 0.968 bits per heavy atom. The molecule has 2 aromatic rings. The Kier molecular flexibility index (Phi) is 9.76. The highest BCUT2D eigenvalue weighted by molar-refractivity contribution is 6.02. The Balaban J connectivity index is 1.66. The van der Waals surface area contributed by atoms with E-state index in [0.29, 0.717) is 5.92 Å². The van der Waals surface area contributed by atoms with Gasteiger partial charge in [-0.05, 0) is 67.6 Å². The Labute approximate surface area is 189 Å². The Morgan fingerprint density at radius 3 is 2.39 bits per heavy atom. The number of nitrogens with zero attached hydrogens (tertiary/aromatic N) is 2. The first-order valence-corrected chi connectivity index (χ1v) is 12.2. The van der Waals surface area contributed by atoms with Gasteiger partial charge in [-0.25, -0.2) is 0 Å². The summed E-state index contributed by atoms with van der Waals surface area (Å²) >= 11 is 0. The van der Waals surface area contributed by atoms with Gasteiger partial charge in [0.05, 0.1) is 11.9 Å². The normalized spacial score (nSPS) is 19.6. The third kappa shape index (κ3) is 7.61. The zero-order valence-electron chi connectivity index (χ0n) is 19.2. The van der Waals surface area contributed by atoms with E-state index in [1.54, 1.807) is 0 Å². The van der Waals surface area contributed by atoms with Crippen LogP contribution in [0.3, 0.4) is 0 Å². The lowest BCUT2D eigenvalue weighted by Gasteiger charge is -2.29. The lowest BCUT2D eigenvalue weighted by atomic mass is 9.76. The third-order valence-electron chi connectivity index (χ3n) is 6.49. The van der Waals surface area contributed by atoms with Crippen LogP contribution in [-0.2, 0) is 6.42 Å². The molecule has 1 saturated carbocycles. The van der Waals surface area contributed by atoms with Crippen LogP contribution in [0.4, 0.5) is 0 Å². The van der Waals surface area contributed by atoms with Crippen LogP contribution in [-0.4, -0.2) is 11.9 Å². The molecule has 0 aromatic heterocycles. The minimum Gasteiger partial charge on any atom is -0.158 e. The fraction of sp³-hybridized carbons (Fsp3) is 0.448. The van der Waals surface area contributed by atoms with Crippen molar-refractivity contribution < 1.29 is 0 Å². The molecule has 1 fully saturated rings. The topological polar surface area (TPSA) is 24.7 Å². The van der Waals surface area contributed by atoms with Gasteiger partial charge in [0.25, 0.3) is 0 Å². The Hall–Kier alpha value is -2.48. The molecule has 1 aliphatic carbocycles. The number of benzene rings is 2. The average Bonchev–Trinajstić information content (AvgIpc) is 2.83. The fourth-order valence-corrected chi connectivity index (χ4v) is 4.58. The average molecular weight is 415 g/mol. The molecule has 0 unspecified atom stereocenters. The van der Waals surface area contributed by atoms with Crippen LogP contribution in [0.5, 0.6) is 0 Å². The standard InChI is InChI=1S/C29H38N2/c1-3-5-8-12-25-15-17-26(18-16-25)23-30-31-29(27-13-9-7-10-14-27)28-21-19-24(20-22-28)11-6-4-2/h3,7,9-10,13-18,23-24,28H,1,4-6,8,11-12,19-22H2,2H3/t24-,28-. The molecule has 2 heteroatoms. The van der Waals surface area contributed by atoms with Gasteiger partial charge >= 0.3 is 0 Å². The molecule has 2 nitrogen and oxygen atoms in total. The molecule has 0 aliphatic heterocycles. The number of allylic oxidation sites excluding steroid dienone is 1. The first-order chi connectivity index (χ1) is 15.3. The molecular formula is C29H38N2. The largest absolute Gasteiger partial charge is 0.158 e. The van der Waals surface area contributed by atoms with Gasteiger partial charge in [-0.15, -0.1) is 6.58 Å². The maximum atomic E-state index is 4.76. The van der Waals surface area contributed by atoms with Crippen molar-refractivity contribution in [2.24, 2.45) is 22.0 Å². The van der Waals surface area contributed by atoms with Crippen molar-refractivity contribution in [3.8, 4) is 0 Å². The monoisotopic (exact) mass is 414 g/mol. The Morgan fingerprint density at radius 2 is 1.71 bits per heavy atom. The third-order valence-corrected chi connectivity index (χ3v) is 6.49. The summed E-state index contributed by atoms with van der Waals surface area (Å²) < 4.78 is 0. The van der Waals surface area contributed by atoms with Gasteiger partial charge in [0.15, 0.2) is 0 Å². The van der Waals surface area contributed by atoms with Crippen LogP contribution in [0.1, 0.15) is 81.4 Å². The van der Waals surface area contributed by atoms with Crippen molar-refractivity contribution in [2.75, 3.05) is 0 Å². The Bertz CT molecular complexity index is 825. The molecule has 0 spiro atoms. The molecule has 164 valence electrons. The molecule has 0 N–H and O–H groups in total. The molecular weight excluding hydrogens is 376 g/mol. The summed E-state index contributed by atoms with van der Waals surface area (Å²) in [5.41, 5.74) is 4.85. The molecule has 0 amide bonds. The summed E-state index contributed by atoms with van der Waals surface area (Å²) in [7, 11) is 0. The zero-order chi connectivity index (χ0) is 21.7. The van der Waals surface area contributed by atoms with Crippen molar-refractivity contribution in [1.29, 1.82) is 0 Å². The molecule has 3 rings (SSSR count). The van der Waals surface area contributed by atoms with E-state index in [1.807, 2.05) is 12.3 Å². The summed E-state index contributed by atoms with van der Waals surface area (Å²) in [6.45, 7) is 6.09. The van der Waals surface area contributed by atoms with E-state index in [4.69, 9.17) is 5.10 Å². The first kappa shape index (κ1) is 23.2. The van der Waals surface area contributed by atoms with E-state index in [2.05, 4.69) is 73.2 Å². The number of rotatable bonds is 11. The van der Waals surface area contributed by atoms with Crippen molar-refractivity contribution >= 4 is 11.9 Å². The quantitative estimate of drug-likeness (QED) is 0.154. The van der Waals surface area contributed by atoms with E-state index in [9.17, 15) is 0 Å². The summed E-state index contributed by atoms with van der Waals surface area (Å²) in [4.78, 5) is 0. The van der Waals surface area contributed by atoms with Crippen LogP contribution in [0.25, 0.3) is 0 Å². The van der Waals surface area contributed by atoms with Gasteiger partial charge in [0, 0.05) is 5.92 Å². The maximum Gasteiger partial charge on any atom is 0.0733 e. The van der Waals surface area contributed by atoms with Crippen molar-refractivity contribution in [3.05, 3.63) is 83.9 Å². The van der Waals surface area contributed by atoms with Crippen LogP contribution in [0.15, 0.2) is 77.5 Å². The van der Waals surface area contributed by atoms with E-state index < -0.39 is 0 Å². The van der Waals surface area contributed by atoms with Crippen molar-refractivity contribution in [3.63, 3.8) is 0 Å². The van der Waals surface area contributed by atoms with Crippen molar-refractivity contribution in [1.82, 2.24) is 0 Å². The maximum absolute atomic E-state index is 4.76. The highest BCUT2D eigenvalue weighted by Gasteiger charge is 2.25. The van der Waals surface area contributed by atoms with Gasteiger partial charge in [-0.3, -0.25) is 0 Å². The molecule has 2 aromatic carbocycles. The lowest BCUT2D eigenvalue weighted by Crippen LogP contribution is -2.22. The molecule has 0 bridgehead atoms. The summed E-state index contributed by atoms with van der Waals surface area (Å²) in [6, 6.07) is 19.3. The molecule has 1 aliphatic rings. The highest BCUT2D eigenvalue weighted by Crippen LogP contribution is 2.34. The zero-order valence-corrected chi connectivity index (χ0v) is 19.2. The molecule has 0 atom stereocenters. The molecule has 0 radical (unpaired) electrons. The SMILES string of the molecule is C=CCCCc1ccc(C=NN=C(c2ccccc2)[C@H]2CC[C@H](CCCC)CC2)cc1. The van der Waals surface area contributed by atoms with Gasteiger partial charge in [-0.1, -0.05) is 86.9 Å². The smallest absolute Gasteiger partial charge is 0.0733 e. The number of hydrogen-bond donors (Lipinski definition) is 0. The second kappa shape index (κ2) is 13.0. The first-order valence-electron chi connectivity index (χ1n) is 12.2. The molecule has 0 saturated heterocycles. The number of hydrogen-bond acceptors (Lipinski definition) is 2. The van der Waals surface area contributed by atoms with Crippen LogP contribution < -0.4 is 0 Å². The number of unbranched alkanes of at least 4 members (excludes halogenated alkanes) is 2. The number of aryl methyl sites for hydroxylation is 1. The van der Waals surface area contributed by atoms with Gasteiger partial charge in [0.2, 0.25) is 0 Å². The summed E-state index contributed by atoms with van der Waals surface area (Å²) in [6.07, 6.45) is 16.4. The predicted octanol–water partition coefficient (Wildman–Crippen LogP) is 8.02. The van der Waals surface area contributed by atoms with Crippen LogP contribution in [0, 0.1) is 11.8 Å². The van der Waals surface area contributed by atoms with Crippen LogP contribution >= 0.6 is 0 Å². The van der Waals surface area contributed by atoms with E-state index in [1.165, 1.54) is 56.1 Å². The predicted molar refractivity (Wildman–Crippen MR) is 135 cm³/mol. The van der Waals surface area contributed by atoms with E-state index in [-0.39, 0.29) is 0 Å². The fourth-order valence-electron chi connectivity index (χ4n) is 4.58. The minimum absolute atomic E-state index is 0.518. The summed E-state index contributed by atoms with van der Waals surface area (Å²) in [5.74, 6) is 1.42. The summed E-state index contributed by atoms with van der Waals surface area (Å²) in [5, 5.41) is 9.28. The van der Waals surface area contributed by atoms with Crippen molar-refractivity contribution in [2.45, 2.75) is 71.1 Å².